The first-order valence-electron chi connectivity index (χ1n) is 10.0. The highest BCUT2D eigenvalue weighted by Gasteiger charge is 2.29. The van der Waals surface area contributed by atoms with Gasteiger partial charge in [-0.15, -0.1) is 0 Å². The molecule has 0 unspecified atom stereocenters. The highest BCUT2D eigenvalue weighted by atomic mass is 32.1. The lowest BCUT2D eigenvalue weighted by Crippen LogP contribution is -2.31. The fourth-order valence-corrected chi connectivity index (χ4v) is 4.16. The number of anilines is 2. The summed E-state index contributed by atoms with van der Waals surface area (Å²) in [4.78, 5) is 9.77. The van der Waals surface area contributed by atoms with Gasteiger partial charge in [0.15, 0.2) is 5.13 Å². The Morgan fingerprint density at radius 1 is 1.00 bits per heavy atom. The molecular weight excluding hydrogens is 435 g/mol. The number of alkyl halides is 3. The number of fused-ring (bicyclic) bond motifs is 1. The molecule has 0 aliphatic carbocycles. The van der Waals surface area contributed by atoms with Gasteiger partial charge in [0.05, 0.1) is 10.4 Å². The Morgan fingerprint density at radius 2 is 1.78 bits per heavy atom. The van der Waals surface area contributed by atoms with Gasteiger partial charge < -0.3 is 16.4 Å². The highest BCUT2D eigenvalue weighted by Crippen LogP contribution is 2.32. The Labute approximate surface area is 187 Å². The molecule has 0 bridgehead atoms. The average Bonchev–Trinajstić information content (AvgIpc) is 3.26. The van der Waals surface area contributed by atoms with Crippen LogP contribution < -0.4 is 16.4 Å². The predicted molar refractivity (Wildman–Crippen MR) is 124 cm³/mol. The van der Waals surface area contributed by atoms with Crippen LogP contribution in [0.3, 0.4) is 0 Å². The van der Waals surface area contributed by atoms with E-state index in [1.165, 1.54) is 23.5 Å². The summed E-state index contributed by atoms with van der Waals surface area (Å²) in [6.07, 6.45) is -0.212. The van der Waals surface area contributed by atoms with Crippen LogP contribution in [0.4, 0.5) is 24.1 Å². The van der Waals surface area contributed by atoms with E-state index in [2.05, 4.69) is 26.7 Å². The number of halogens is 3. The minimum absolute atomic E-state index is 0.257. The third-order valence-electron chi connectivity index (χ3n) is 5.06. The monoisotopic (exact) mass is 457 g/mol. The number of thiazole rings is 1. The molecule has 166 valence electrons. The van der Waals surface area contributed by atoms with Gasteiger partial charge >= 0.3 is 6.18 Å². The molecule has 5 nitrogen and oxygen atoms in total. The SMILES string of the molecule is CNc1cc2cc(-c3cnc(NC[C@H](N)Cc4ccc(C(F)(F)F)cc4)s3)ccc2cn1. The first-order chi connectivity index (χ1) is 15.3. The van der Waals surface area contributed by atoms with Gasteiger partial charge in [0.25, 0.3) is 0 Å². The van der Waals surface area contributed by atoms with Crippen LogP contribution in [0.2, 0.25) is 0 Å². The van der Waals surface area contributed by atoms with E-state index in [1.54, 1.807) is 0 Å². The maximum atomic E-state index is 12.7. The van der Waals surface area contributed by atoms with Crippen molar-refractivity contribution in [2.75, 3.05) is 24.2 Å². The molecule has 0 fully saturated rings. The Hall–Kier alpha value is -3.17. The average molecular weight is 458 g/mol. The largest absolute Gasteiger partial charge is 0.416 e. The number of nitrogens with zero attached hydrogens (tertiary/aromatic N) is 2. The zero-order chi connectivity index (χ0) is 22.7. The third-order valence-corrected chi connectivity index (χ3v) is 6.07. The molecule has 0 amide bonds. The normalized spacial score (nSPS) is 12.7. The van der Waals surface area contributed by atoms with Gasteiger partial charge in [-0.2, -0.15) is 13.2 Å². The topological polar surface area (TPSA) is 75.9 Å². The van der Waals surface area contributed by atoms with Crippen molar-refractivity contribution in [1.29, 1.82) is 0 Å². The second kappa shape index (κ2) is 9.13. The van der Waals surface area contributed by atoms with Gasteiger partial charge in [-0.05, 0) is 47.2 Å². The second-order valence-electron chi connectivity index (χ2n) is 7.45. The van der Waals surface area contributed by atoms with Crippen LogP contribution in [0.1, 0.15) is 11.1 Å². The van der Waals surface area contributed by atoms with E-state index in [9.17, 15) is 13.2 Å². The number of rotatable bonds is 7. The fourth-order valence-electron chi connectivity index (χ4n) is 3.34. The van der Waals surface area contributed by atoms with Crippen LogP contribution >= 0.6 is 11.3 Å². The Morgan fingerprint density at radius 3 is 2.50 bits per heavy atom. The smallest absolute Gasteiger partial charge is 0.373 e. The van der Waals surface area contributed by atoms with Crippen molar-refractivity contribution in [2.24, 2.45) is 5.73 Å². The molecule has 2 heterocycles. The van der Waals surface area contributed by atoms with Crippen molar-refractivity contribution in [3.05, 3.63) is 72.1 Å². The van der Waals surface area contributed by atoms with Crippen molar-refractivity contribution < 1.29 is 13.2 Å². The molecule has 0 saturated carbocycles. The molecule has 1 atom stereocenters. The minimum Gasteiger partial charge on any atom is -0.373 e. The van der Waals surface area contributed by atoms with E-state index in [-0.39, 0.29) is 6.04 Å². The summed E-state index contributed by atoms with van der Waals surface area (Å²) in [6.45, 7) is 0.461. The molecule has 0 radical (unpaired) electrons. The summed E-state index contributed by atoms with van der Waals surface area (Å²) in [7, 11) is 1.83. The second-order valence-corrected chi connectivity index (χ2v) is 8.48. The van der Waals surface area contributed by atoms with Crippen LogP contribution in [0.5, 0.6) is 0 Å². The first-order valence-corrected chi connectivity index (χ1v) is 10.8. The zero-order valence-corrected chi connectivity index (χ0v) is 18.1. The van der Waals surface area contributed by atoms with E-state index >= 15 is 0 Å². The van der Waals surface area contributed by atoms with Gasteiger partial charge in [-0.1, -0.05) is 35.6 Å². The number of hydrogen-bond acceptors (Lipinski definition) is 6. The molecule has 9 heteroatoms. The minimum atomic E-state index is -4.33. The lowest BCUT2D eigenvalue weighted by atomic mass is 10.0. The molecule has 2 aromatic carbocycles. The number of pyridine rings is 1. The lowest BCUT2D eigenvalue weighted by Gasteiger charge is -2.13. The van der Waals surface area contributed by atoms with E-state index in [1.807, 2.05) is 37.6 Å². The Balaban J connectivity index is 1.37. The van der Waals surface area contributed by atoms with Crippen molar-refractivity contribution in [3.63, 3.8) is 0 Å². The fraction of sp³-hybridized carbons (Fsp3) is 0.217. The number of nitrogens with one attached hydrogen (secondary N) is 2. The molecular formula is C23H22F3N5S. The standard InChI is InChI=1S/C23H22F3N5S/c1-28-21-10-17-9-15(4-5-16(17)11-29-21)20-13-31-22(32-20)30-12-19(27)8-14-2-6-18(7-3-14)23(24,25)26/h2-7,9-11,13,19H,8,12,27H2,1H3,(H,28,29)(H,30,31)/t19-/m1/s1. The summed E-state index contributed by atoms with van der Waals surface area (Å²) in [5.41, 5.74) is 7.33. The summed E-state index contributed by atoms with van der Waals surface area (Å²) < 4.78 is 38.0. The van der Waals surface area contributed by atoms with Crippen molar-refractivity contribution in [3.8, 4) is 10.4 Å². The van der Waals surface area contributed by atoms with Crippen molar-refractivity contribution >= 4 is 33.1 Å². The molecule has 0 aliphatic rings. The summed E-state index contributed by atoms with van der Waals surface area (Å²) in [5.74, 6) is 0.809. The number of benzene rings is 2. The highest BCUT2D eigenvalue weighted by molar-refractivity contribution is 7.18. The molecule has 32 heavy (non-hydrogen) atoms. The van der Waals surface area contributed by atoms with Crippen LogP contribution in [0.25, 0.3) is 21.2 Å². The summed E-state index contributed by atoms with van der Waals surface area (Å²) in [5, 5.41) is 9.16. The number of aromatic nitrogens is 2. The molecule has 0 spiro atoms. The van der Waals surface area contributed by atoms with Crippen LogP contribution in [0.15, 0.2) is 60.9 Å². The van der Waals surface area contributed by atoms with Gasteiger partial charge in [-0.25, -0.2) is 9.97 Å². The van der Waals surface area contributed by atoms with Crippen LogP contribution in [0, 0.1) is 0 Å². The van der Waals surface area contributed by atoms with Gasteiger partial charge in [0.1, 0.15) is 5.82 Å². The van der Waals surface area contributed by atoms with Gasteiger partial charge in [-0.3, -0.25) is 0 Å². The van der Waals surface area contributed by atoms with Crippen molar-refractivity contribution in [1.82, 2.24) is 9.97 Å². The van der Waals surface area contributed by atoms with Crippen molar-refractivity contribution in [2.45, 2.75) is 18.6 Å². The van der Waals surface area contributed by atoms with Gasteiger partial charge in [0, 0.05) is 37.4 Å². The van der Waals surface area contributed by atoms with E-state index in [0.717, 1.165) is 49.9 Å². The maximum Gasteiger partial charge on any atom is 0.416 e. The molecule has 0 saturated heterocycles. The molecule has 2 aromatic heterocycles. The van der Waals surface area contributed by atoms with E-state index in [0.29, 0.717) is 13.0 Å². The zero-order valence-electron chi connectivity index (χ0n) is 17.3. The number of hydrogen-bond donors (Lipinski definition) is 3. The summed E-state index contributed by atoms with van der Waals surface area (Å²) in [6, 6.07) is 13.0. The molecule has 0 aliphatic heterocycles. The van der Waals surface area contributed by atoms with Crippen LogP contribution in [-0.4, -0.2) is 29.6 Å². The first kappa shape index (κ1) is 22.0. The molecule has 4 N–H and O–H groups in total. The quantitative estimate of drug-likeness (QED) is 0.346. The lowest BCUT2D eigenvalue weighted by molar-refractivity contribution is -0.137. The molecule has 4 aromatic rings. The Kier molecular flexibility index (Phi) is 6.29. The van der Waals surface area contributed by atoms with E-state index < -0.39 is 11.7 Å². The predicted octanol–water partition coefficient (Wildman–Crippen LogP) is 5.40. The van der Waals surface area contributed by atoms with Gasteiger partial charge in [0.2, 0.25) is 0 Å². The maximum absolute atomic E-state index is 12.7. The molecule has 4 rings (SSSR count). The number of nitrogens with two attached hydrogens (primary N) is 1. The Bertz CT molecular complexity index is 1200. The third kappa shape index (κ3) is 5.17. The summed E-state index contributed by atoms with van der Waals surface area (Å²) >= 11 is 1.52. The van der Waals surface area contributed by atoms with Crippen LogP contribution in [-0.2, 0) is 12.6 Å². The van der Waals surface area contributed by atoms with E-state index in [4.69, 9.17) is 5.73 Å².